The van der Waals surface area contributed by atoms with Gasteiger partial charge in [0.05, 0.1) is 5.25 Å². The van der Waals surface area contributed by atoms with Gasteiger partial charge < -0.3 is 5.32 Å². The molecule has 0 saturated heterocycles. The Labute approximate surface area is 124 Å². The van der Waals surface area contributed by atoms with E-state index in [0.29, 0.717) is 10.3 Å². The second kappa shape index (κ2) is 7.20. The molecule has 1 aromatic rings. The molecule has 19 heavy (non-hydrogen) atoms. The number of amides is 1. The number of halogens is 1. The van der Waals surface area contributed by atoms with E-state index >= 15 is 0 Å². The average Bonchev–Trinajstić information content (AvgIpc) is 2.42. The van der Waals surface area contributed by atoms with Crippen molar-refractivity contribution in [3.8, 4) is 0 Å². The van der Waals surface area contributed by atoms with Crippen LogP contribution in [0.15, 0.2) is 24.3 Å². The van der Waals surface area contributed by atoms with Crippen LogP contribution in [0.2, 0.25) is 5.02 Å². The topological polar surface area (TPSA) is 29.1 Å². The van der Waals surface area contributed by atoms with Crippen molar-refractivity contribution in [3.63, 3.8) is 0 Å². The second-order valence-corrected chi connectivity index (χ2v) is 7.12. The van der Waals surface area contributed by atoms with Crippen LogP contribution in [0.3, 0.4) is 0 Å². The lowest BCUT2D eigenvalue weighted by Gasteiger charge is -2.23. The summed E-state index contributed by atoms with van der Waals surface area (Å²) in [5.41, 5.74) is 0.811. The second-order valence-electron chi connectivity index (χ2n) is 5.03. The van der Waals surface area contributed by atoms with E-state index < -0.39 is 0 Å². The molecule has 1 N–H and O–H groups in total. The van der Waals surface area contributed by atoms with Crippen molar-refractivity contribution in [3.05, 3.63) is 29.3 Å². The predicted molar refractivity (Wildman–Crippen MR) is 84.0 cm³/mol. The minimum atomic E-state index is -0.00113. The summed E-state index contributed by atoms with van der Waals surface area (Å²) in [4.78, 5) is 12.1. The Morgan fingerprint density at radius 1 is 1.26 bits per heavy atom. The maximum Gasteiger partial charge on any atom is 0.237 e. The lowest BCUT2D eigenvalue weighted by Crippen LogP contribution is -2.25. The smallest absolute Gasteiger partial charge is 0.237 e. The minimum Gasteiger partial charge on any atom is -0.325 e. The van der Waals surface area contributed by atoms with Crippen molar-refractivity contribution in [1.29, 1.82) is 0 Å². The number of carbonyl (C=O) groups is 1. The number of hydrogen-bond donors (Lipinski definition) is 1. The van der Waals surface area contributed by atoms with Crippen molar-refractivity contribution in [2.45, 2.75) is 49.5 Å². The number of carbonyl (C=O) groups excluding carboxylic acids is 1. The SMILES string of the molecule is CC(SC1CCCCC1)C(=O)Nc1ccc(Cl)cc1. The summed E-state index contributed by atoms with van der Waals surface area (Å²) >= 11 is 7.64. The van der Waals surface area contributed by atoms with Crippen molar-refractivity contribution in [2.75, 3.05) is 5.32 Å². The molecule has 2 nitrogen and oxygen atoms in total. The monoisotopic (exact) mass is 297 g/mol. The van der Waals surface area contributed by atoms with Gasteiger partial charge in [0.2, 0.25) is 5.91 Å². The zero-order valence-electron chi connectivity index (χ0n) is 11.2. The van der Waals surface area contributed by atoms with Gasteiger partial charge in [-0.25, -0.2) is 0 Å². The molecule has 1 atom stereocenters. The summed E-state index contributed by atoms with van der Waals surface area (Å²) in [5, 5.41) is 4.27. The summed E-state index contributed by atoms with van der Waals surface area (Å²) in [6.07, 6.45) is 6.47. The molecule has 1 aromatic carbocycles. The van der Waals surface area contributed by atoms with Gasteiger partial charge in [-0.2, -0.15) is 0 Å². The lowest BCUT2D eigenvalue weighted by molar-refractivity contribution is -0.115. The van der Waals surface area contributed by atoms with E-state index in [1.165, 1.54) is 32.1 Å². The fourth-order valence-electron chi connectivity index (χ4n) is 2.33. The van der Waals surface area contributed by atoms with Crippen LogP contribution in [0.25, 0.3) is 0 Å². The maximum atomic E-state index is 12.1. The summed E-state index contributed by atoms with van der Waals surface area (Å²) in [6.45, 7) is 1.99. The van der Waals surface area contributed by atoms with E-state index in [9.17, 15) is 4.79 Å². The van der Waals surface area contributed by atoms with E-state index in [0.717, 1.165) is 5.69 Å². The fourth-order valence-corrected chi connectivity index (χ4v) is 3.82. The highest BCUT2D eigenvalue weighted by Gasteiger charge is 2.21. The van der Waals surface area contributed by atoms with Crippen molar-refractivity contribution in [2.24, 2.45) is 0 Å². The van der Waals surface area contributed by atoms with E-state index in [4.69, 9.17) is 11.6 Å². The molecular weight excluding hydrogens is 278 g/mol. The largest absolute Gasteiger partial charge is 0.325 e. The van der Waals surface area contributed by atoms with E-state index in [-0.39, 0.29) is 11.2 Å². The predicted octanol–water partition coefficient (Wildman–Crippen LogP) is 4.73. The van der Waals surface area contributed by atoms with Gasteiger partial charge in [0, 0.05) is 16.0 Å². The first-order valence-electron chi connectivity index (χ1n) is 6.87. The molecule has 1 aliphatic carbocycles. The van der Waals surface area contributed by atoms with E-state index in [2.05, 4.69) is 5.32 Å². The number of nitrogens with one attached hydrogen (secondary N) is 1. The first-order valence-corrected chi connectivity index (χ1v) is 8.19. The summed E-state index contributed by atoms with van der Waals surface area (Å²) in [7, 11) is 0. The molecule has 0 radical (unpaired) electrons. The van der Waals surface area contributed by atoms with Crippen LogP contribution in [-0.4, -0.2) is 16.4 Å². The Bertz CT molecular complexity index is 415. The van der Waals surface area contributed by atoms with Crippen LogP contribution in [0.5, 0.6) is 0 Å². The highest BCUT2D eigenvalue weighted by atomic mass is 35.5. The molecule has 1 unspecified atom stereocenters. The highest BCUT2D eigenvalue weighted by Crippen LogP contribution is 2.31. The molecule has 0 spiro atoms. The van der Waals surface area contributed by atoms with Crippen LogP contribution in [0, 0.1) is 0 Å². The Morgan fingerprint density at radius 2 is 1.89 bits per heavy atom. The molecule has 4 heteroatoms. The van der Waals surface area contributed by atoms with Crippen LogP contribution in [0.4, 0.5) is 5.69 Å². The van der Waals surface area contributed by atoms with Gasteiger partial charge in [0.1, 0.15) is 0 Å². The molecule has 0 aliphatic heterocycles. The number of anilines is 1. The molecule has 104 valence electrons. The molecular formula is C15H20ClNOS. The van der Waals surface area contributed by atoms with Crippen LogP contribution in [0.1, 0.15) is 39.0 Å². The Morgan fingerprint density at radius 3 is 2.53 bits per heavy atom. The Hall–Kier alpha value is -0.670. The summed E-state index contributed by atoms with van der Waals surface area (Å²) in [5.74, 6) is 0.0814. The standard InChI is InChI=1S/C15H20ClNOS/c1-11(19-14-5-3-2-4-6-14)15(18)17-13-9-7-12(16)8-10-13/h7-11,14H,2-6H2,1H3,(H,17,18). The number of rotatable bonds is 4. The van der Waals surface area contributed by atoms with Gasteiger partial charge in [-0.1, -0.05) is 30.9 Å². The lowest BCUT2D eigenvalue weighted by atomic mass is 10.0. The molecule has 0 heterocycles. The zero-order valence-corrected chi connectivity index (χ0v) is 12.8. The van der Waals surface area contributed by atoms with Crippen molar-refractivity contribution >= 4 is 35.0 Å². The summed E-state index contributed by atoms with van der Waals surface area (Å²) < 4.78 is 0. The molecule has 1 amide bonds. The van der Waals surface area contributed by atoms with Crippen LogP contribution in [-0.2, 0) is 4.79 Å². The molecule has 1 aliphatic rings. The van der Waals surface area contributed by atoms with Crippen LogP contribution >= 0.6 is 23.4 Å². The van der Waals surface area contributed by atoms with Crippen LogP contribution < -0.4 is 5.32 Å². The number of benzene rings is 1. The van der Waals surface area contributed by atoms with Gasteiger partial charge in [-0.05, 0) is 44.0 Å². The first kappa shape index (κ1) is 14.7. The zero-order chi connectivity index (χ0) is 13.7. The summed E-state index contributed by atoms with van der Waals surface area (Å²) in [6, 6.07) is 7.24. The van der Waals surface area contributed by atoms with Gasteiger partial charge in [0.15, 0.2) is 0 Å². The van der Waals surface area contributed by atoms with Crippen molar-refractivity contribution in [1.82, 2.24) is 0 Å². The third-order valence-corrected chi connectivity index (χ3v) is 5.16. The van der Waals surface area contributed by atoms with Gasteiger partial charge in [0.25, 0.3) is 0 Å². The minimum absolute atomic E-state index is 0.00113. The van der Waals surface area contributed by atoms with E-state index in [1.54, 1.807) is 12.1 Å². The third-order valence-electron chi connectivity index (χ3n) is 3.43. The molecule has 0 aromatic heterocycles. The number of hydrogen-bond acceptors (Lipinski definition) is 2. The van der Waals surface area contributed by atoms with Crippen molar-refractivity contribution < 1.29 is 4.79 Å². The highest BCUT2D eigenvalue weighted by molar-refractivity contribution is 8.01. The molecule has 0 bridgehead atoms. The first-order chi connectivity index (χ1) is 9.15. The molecule has 2 rings (SSSR count). The van der Waals surface area contributed by atoms with E-state index in [1.807, 2.05) is 30.8 Å². The van der Waals surface area contributed by atoms with Gasteiger partial charge in [-0.15, -0.1) is 11.8 Å². The molecule has 1 saturated carbocycles. The quantitative estimate of drug-likeness (QED) is 0.870. The fraction of sp³-hybridized carbons (Fsp3) is 0.533. The van der Waals surface area contributed by atoms with Gasteiger partial charge in [-0.3, -0.25) is 4.79 Å². The third kappa shape index (κ3) is 4.73. The number of thioether (sulfide) groups is 1. The maximum absolute atomic E-state index is 12.1. The normalized spacial score (nSPS) is 18.0. The Kier molecular flexibility index (Phi) is 5.59. The van der Waals surface area contributed by atoms with Gasteiger partial charge >= 0.3 is 0 Å². The molecule has 1 fully saturated rings. The Balaban J connectivity index is 1.83. The average molecular weight is 298 g/mol.